The Bertz CT molecular complexity index is 625. The number of carboxylic acids is 1. The maximum Gasteiger partial charge on any atom is 0.311 e. The van der Waals surface area contributed by atoms with Crippen LogP contribution in [-0.4, -0.2) is 16.1 Å². The standard InChI is InChI=1S/C12H10F2N2O3/c1-6-10(5-11(17)18)19-12(15-6)16-9-3-2-7(13)4-8(9)14/h2-4H,5H2,1H3,(H,15,16)(H,17,18). The second-order valence-corrected chi connectivity index (χ2v) is 3.85. The number of carbonyl (C=O) groups is 1. The van der Waals surface area contributed by atoms with E-state index in [1.54, 1.807) is 6.92 Å². The first kappa shape index (κ1) is 13.0. The molecule has 1 heterocycles. The van der Waals surface area contributed by atoms with Crippen LogP contribution in [-0.2, 0) is 11.2 Å². The maximum atomic E-state index is 13.4. The number of oxazole rings is 1. The van der Waals surface area contributed by atoms with Crippen molar-refractivity contribution in [3.05, 3.63) is 41.3 Å². The van der Waals surface area contributed by atoms with E-state index in [1.165, 1.54) is 6.07 Å². The van der Waals surface area contributed by atoms with Crippen LogP contribution in [0.25, 0.3) is 0 Å². The van der Waals surface area contributed by atoms with E-state index >= 15 is 0 Å². The van der Waals surface area contributed by atoms with Gasteiger partial charge in [-0.1, -0.05) is 0 Å². The van der Waals surface area contributed by atoms with Crippen molar-refractivity contribution in [3.63, 3.8) is 0 Å². The van der Waals surface area contributed by atoms with Crippen LogP contribution in [0.4, 0.5) is 20.5 Å². The number of halogens is 2. The predicted molar refractivity (Wildman–Crippen MR) is 62.2 cm³/mol. The number of hydrogen-bond donors (Lipinski definition) is 2. The van der Waals surface area contributed by atoms with Crippen molar-refractivity contribution >= 4 is 17.7 Å². The Balaban J connectivity index is 2.21. The monoisotopic (exact) mass is 268 g/mol. The van der Waals surface area contributed by atoms with Crippen LogP contribution in [0.5, 0.6) is 0 Å². The Morgan fingerprint density at radius 1 is 1.47 bits per heavy atom. The molecule has 2 N–H and O–H groups in total. The zero-order valence-corrected chi connectivity index (χ0v) is 9.91. The van der Waals surface area contributed by atoms with Crippen molar-refractivity contribution < 1.29 is 23.1 Å². The molecule has 5 nitrogen and oxygen atoms in total. The summed E-state index contributed by atoms with van der Waals surface area (Å²) >= 11 is 0. The summed E-state index contributed by atoms with van der Waals surface area (Å²) in [5.74, 6) is -2.37. The molecular weight excluding hydrogens is 258 g/mol. The minimum Gasteiger partial charge on any atom is -0.481 e. The molecule has 2 rings (SSSR count). The van der Waals surface area contributed by atoms with Gasteiger partial charge >= 0.3 is 5.97 Å². The number of benzene rings is 1. The SMILES string of the molecule is Cc1nc(Nc2ccc(F)cc2F)oc1CC(=O)O. The van der Waals surface area contributed by atoms with Crippen molar-refractivity contribution in [1.29, 1.82) is 0 Å². The number of nitrogens with zero attached hydrogens (tertiary/aromatic N) is 1. The molecule has 0 unspecified atom stereocenters. The third kappa shape index (κ3) is 3.06. The highest BCUT2D eigenvalue weighted by molar-refractivity contribution is 5.69. The van der Waals surface area contributed by atoms with Gasteiger partial charge < -0.3 is 14.8 Å². The lowest BCUT2D eigenvalue weighted by atomic mass is 10.3. The van der Waals surface area contributed by atoms with E-state index in [1.807, 2.05) is 0 Å². The first-order chi connectivity index (χ1) is 8.95. The number of aryl methyl sites for hydroxylation is 1. The van der Waals surface area contributed by atoms with Crippen molar-refractivity contribution in [2.45, 2.75) is 13.3 Å². The normalized spacial score (nSPS) is 10.5. The van der Waals surface area contributed by atoms with Crippen LogP contribution in [0.1, 0.15) is 11.5 Å². The number of rotatable bonds is 4. The third-order valence-electron chi connectivity index (χ3n) is 2.38. The number of hydrogen-bond acceptors (Lipinski definition) is 4. The molecule has 0 amide bonds. The highest BCUT2D eigenvalue weighted by atomic mass is 19.1. The summed E-state index contributed by atoms with van der Waals surface area (Å²) in [4.78, 5) is 14.5. The Kier molecular flexibility index (Phi) is 3.46. The first-order valence-corrected chi connectivity index (χ1v) is 5.36. The summed E-state index contributed by atoms with van der Waals surface area (Å²) < 4.78 is 31.3. The van der Waals surface area contributed by atoms with E-state index in [2.05, 4.69) is 10.3 Å². The molecule has 100 valence electrons. The molecule has 0 atom stereocenters. The van der Waals surface area contributed by atoms with Crippen molar-refractivity contribution in [1.82, 2.24) is 4.98 Å². The van der Waals surface area contributed by atoms with Crippen molar-refractivity contribution in [3.8, 4) is 0 Å². The number of anilines is 2. The Morgan fingerprint density at radius 2 is 2.21 bits per heavy atom. The fourth-order valence-electron chi connectivity index (χ4n) is 1.49. The summed E-state index contributed by atoms with van der Waals surface area (Å²) in [5, 5.41) is 11.2. The fourth-order valence-corrected chi connectivity index (χ4v) is 1.49. The molecule has 1 aromatic heterocycles. The van der Waals surface area contributed by atoms with Gasteiger partial charge in [0.05, 0.1) is 11.4 Å². The van der Waals surface area contributed by atoms with Gasteiger partial charge in [-0.2, -0.15) is 4.98 Å². The van der Waals surface area contributed by atoms with Gasteiger partial charge in [-0.25, -0.2) is 8.78 Å². The lowest BCUT2D eigenvalue weighted by Gasteiger charge is -2.02. The quantitative estimate of drug-likeness (QED) is 0.891. The fraction of sp³-hybridized carbons (Fsp3) is 0.167. The summed E-state index contributed by atoms with van der Waals surface area (Å²) in [7, 11) is 0. The zero-order valence-electron chi connectivity index (χ0n) is 9.91. The van der Waals surface area contributed by atoms with Crippen LogP contribution in [0.2, 0.25) is 0 Å². The highest BCUT2D eigenvalue weighted by Gasteiger charge is 2.14. The largest absolute Gasteiger partial charge is 0.481 e. The molecule has 0 saturated heterocycles. The van der Waals surface area contributed by atoms with Crippen LogP contribution < -0.4 is 5.32 Å². The Hall–Kier alpha value is -2.44. The van der Waals surface area contributed by atoms with Crippen LogP contribution >= 0.6 is 0 Å². The summed E-state index contributed by atoms with van der Waals surface area (Å²) in [5.41, 5.74) is 0.386. The maximum absolute atomic E-state index is 13.4. The molecule has 0 aliphatic rings. The third-order valence-corrected chi connectivity index (χ3v) is 2.38. The van der Waals surface area contributed by atoms with Crippen LogP contribution in [0, 0.1) is 18.6 Å². The summed E-state index contributed by atoms with van der Waals surface area (Å²) in [6.07, 6.45) is -0.313. The van der Waals surface area contributed by atoms with Gasteiger partial charge in [0.15, 0.2) is 0 Å². The van der Waals surface area contributed by atoms with Gasteiger partial charge in [-0.3, -0.25) is 4.79 Å². The second kappa shape index (κ2) is 5.05. The van der Waals surface area contributed by atoms with Gasteiger partial charge in [0.25, 0.3) is 6.01 Å². The summed E-state index contributed by atoms with van der Waals surface area (Å²) in [6.45, 7) is 1.58. The minimum atomic E-state index is -1.06. The van der Waals surface area contributed by atoms with E-state index in [0.29, 0.717) is 5.69 Å². The Labute approximate surface area is 106 Å². The molecule has 0 aliphatic heterocycles. The van der Waals surface area contributed by atoms with Gasteiger partial charge in [0.2, 0.25) is 0 Å². The van der Waals surface area contributed by atoms with Crippen molar-refractivity contribution in [2.24, 2.45) is 0 Å². The van der Waals surface area contributed by atoms with Gasteiger partial charge in [0.1, 0.15) is 23.8 Å². The van der Waals surface area contributed by atoms with Gasteiger partial charge in [-0.15, -0.1) is 0 Å². The first-order valence-electron chi connectivity index (χ1n) is 5.36. The average molecular weight is 268 g/mol. The molecule has 0 spiro atoms. The van der Waals surface area contributed by atoms with Gasteiger partial charge in [-0.05, 0) is 19.1 Å². The molecule has 19 heavy (non-hydrogen) atoms. The van der Waals surface area contributed by atoms with Crippen LogP contribution in [0.15, 0.2) is 22.6 Å². The van der Waals surface area contributed by atoms with Gasteiger partial charge in [0, 0.05) is 6.07 Å². The minimum absolute atomic E-state index is 0.00970. The molecule has 2 aromatic rings. The smallest absolute Gasteiger partial charge is 0.311 e. The predicted octanol–water partition coefficient (Wildman–Crippen LogP) is 2.63. The second-order valence-electron chi connectivity index (χ2n) is 3.85. The number of carboxylic acid groups (broad SMARTS) is 1. The number of aliphatic carboxylic acids is 1. The lowest BCUT2D eigenvalue weighted by molar-refractivity contribution is -0.136. The van der Waals surface area contributed by atoms with E-state index in [4.69, 9.17) is 9.52 Å². The topological polar surface area (TPSA) is 75.4 Å². The van der Waals surface area contributed by atoms with Crippen LogP contribution in [0.3, 0.4) is 0 Å². The number of nitrogens with one attached hydrogen (secondary N) is 1. The average Bonchev–Trinajstić information content (AvgIpc) is 2.62. The zero-order chi connectivity index (χ0) is 14.0. The van der Waals surface area contributed by atoms with E-state index < -0.39 is 17.6 Å². The van der Waals surface area contributed by atoms with E-state index in [9.17, 15) is 13.6 Å². The lowest BCUT2D eigenvalue weighted by Crippen LogP contribution is -1.99. The molecule has 1 aromatic carbocycles. The Morgan fingerprint density at radius 3 is 2.84 bits per heavy atom. The van der Waals surface area contributed by atoms with Crippen molar-refractivity contribution in [2.75, 3.05) is 5.32 Å². The number of aromatic nitrogens is 1. The molecule has 0 aliphatic carbocycles. The molecule has 7 heteroatoms. The highest BCUT2D eigenvalue weighted by Crippen LogP contribution is 2.22. The molecule has 0 fully saturated rings. The molecule has 0 bridgehead atoms. The molecular formula is C12H10F2N2O3. The molecule has 0 radical (unpaired) electrons. The summed E-state index contributed by atoms with van der Waals surface area (Å²) in [6, 6.07) is 2.95. The molecule has 0 saturated carbocycles. The van der Waals surface area contributed by atoms with E-state index in [-0.39, 0.29) is 23.9 Å². The van der Waals surface area contributed by atoms with E-state index in [0.717, 1.165) is 12.1 Å².